The Morgan fingerprint density at radius 1 is 0.635 bits per heavy atom. The second kappa shape index (κ2) is 15.0. The predicted octanol–water partition coefficient (Wildman–Crippen LogP) is -2.89. The van der Waals surface area contributed by atoms with E-state index < -0.39 is 121 Å². The summed E-state index contributed by atoms with van der Waals surface area (Å²) in [5.74, 6) is -2.01. The van der Waals surface area contributed by atoms with E-state index in [1.807, 2.05) is 0 Å². The first kappa shape index (κ1) is 38.1. The molecule has 3 aromatic rings. The average Bonchev–Trinajstić information content (AvgIpc) is 3.11. The van der Waals surface area contributed by atoms with Gasteiger partial charge in [-0.2, -0.15) is 0 Å². The zero-order valence-corrected chi connectivity index (χ0v) is 27.5. The Kier molecular flexibility index (Phi) is 11.0. The molecular formula is C33H40O19. The molecule has 286 valence electrons. The maximum Gasteiger partial charge on any atom is 0.239 e. The minimum absolute atomic E-state index is 0.138. The number of rotatable bonds is 8. The van der Waals surface area contributed by atoms with Gasteiger partial charge in [0.2, 0.25) is 23.8 Å². The quantitative estimate of drug-likeness (QED) is 0.110. The Bertz CT molecular complexity index is 1770. The fourth-order valence-electron chi connectivity index (χ4n) is 6.09. The SMILES string of the molecule is C[C@@H]1OC(OC[C@H]2OC(Oc3c(-c4ccc(O)cc4)oc4cc(OC5O[C@@H](C)[C@H](O)[C@@H](O)[C@H]5O)cc(O)c4c3=O)[C@H](O)[C@@H](O)[C@H]2O)[C@H](O)[C@H](O)[C@H]1O. The van der Waals surface area contributed by atoms with Crippen LogP contribution >= 0.6 is 0 Å². The molecule has 52 heavy (non-hydrogen) atoms. The molecule has 0 aliphatic carbocycles. The molecule has 0 bridgehead atoms. The van der Waals surface area contributed by atoms with E-state index in [1.165, 1.54) is 44.2 Å². The van der Waals surface area contributed by atoms with E-state index in [9.17, 15) is 61.0 Å². The van der Waals surface area contributed by atoms with Gasteiger partial charge in [0, 0.05) is 17.7 Å². The Hall–Kier alpha value is -3.67. The topological polar surface area (TPSA) is 308 Å². The Morgan fingerprint density at radius 2 is 1.17 bits per heavy atom. The fraction of sp³-hybridized carbons (Fsp3) is 0.545. The van der Waals surface area contributed by atoms with Gasteiger partial charge >= 0.3 is 0 Å². The predicted molar refractivity (Wildman–Crippen MR) is 170 cm³/mol. The molecule has 2 aromatic carbocycles. The summed E-state index contributed by atoms with van der Waals surface area (Å²) in [6.45, 7) is 2.25. The van der Waals surface area contributed by atoms with E-state index in [0.29, 0.717) is 0 Å². The Morgan fingerprint density at radius 3 is 1.79 bits per heavy atom. The number of phenolic OH excluding ortho intramolecular Hbond substituents is 2. The van der Waals surface area contributed by atoms with Crippen LogP contribution < -0.4 is 14.9 Å². The molecule has 3 saturated heterocycles. The van der Waals surface area contributed by atoms with Crippen LogP contribution in [0.4, 0.5) is 0 Å². The Labute approximate surface area is 293 Å². The van der Waals surface area contributed by atoms with E-state index >= 15 is 0 Å². The Balaban J connectivity index is 1.32. The number of aliphatic hydroxyl groups is 9. The number of phenols is 2. The third-order valence-electron chi connectivity index (χ3n) is 9.23. The lowest BCUT2D eigenvalue weighted by Gasteiger charge is -2.42. The van der Waals surface area contributed by atoms with Gasteiger partial charge in [-0.15, -0.1) is 0 Å². The highest BCUT2D eigenvalue weighted by atomic mass is 16.7. The first-order chi connectivity index (χ1) is 24.6. The lowest BCUT2D eigenvalue weighted by Crippen LogP contribution is -2.61. The molecule has 3 aliphatic heterocycles. The summed E-state index contributed by atoms with van der Waals surface area (Å²) in [6, 6.07) is 7.38. The van der Waals surface area contributed by atoms with Crippen LogP contribution in [0.5, 0.6) is 23.0 Å². The second-order valence-corrected chi connectivity index (χ2v) is 12.9. The van der Waals surface area contributed by atoms with E-state index in [4.69, 9.17) is 32.8 Å². The van der Waals surface area contributed by atoms with Crippen LogP contribution in [0.15, 0.2) is 45.6 Å². The van der Waals surface area contributed by atoms with Gasteiger partial charge in [0.05, 0.1) is 18.8 Å². The van der Waals surface area contributed by atoms with Gasteiger partial charge in [0.15, 0.2) is 12.1 Å². The van der Waals surface area contributed by atoms with Crippen molar-refractivity contribution in [3.8, 4) is 34.3 Å². The number of hydrogen-bond donors (Lipinski definition) is 11. The largest absolute Gasteiger partial charge is 0.508 e. The first-order valence-electron chi connectivity index (χ1n) is 16.2. The van der Waals surface area contributed by atoms with Gasteiger partial charge in [0.25, 0.3) is 0 Å². The van der Waals surface area contributed by atoms with Crippen molar-refractivity contribution >= 4 is 11.0 Å². The average molecular weight is 741 g/mol. The zero-order chi connectivity index (χ0) is 37.8. The molecule has 15 atom stereocenters. The smallest absolute Gasteiger partial charge is 0.239 e. The molecular weight excluding hydrogens is 700 g/mol. The molecule has 3 aliphatic rings. The first-order valence-corrected chi connectivity index (χ1v) is 16.2. The molecule has 0 saturated carbocycles. The van der Waals surface area contributed by atoms with Crippen molar-refractivity contribution < 1.29 is 89.0 Å². The maximum atomic E-state index is 14.0. The lowest BCUT2D eigenvalue weighted by molar-refractivity contribution is -0.318. The van der Waals surface area contributed by atoms with Crippen molar-refractivity contribution in [2.45, 2.75) is 106 Å². The van der Waals surface area contributed by atoms with Gasteiger partial charge in [-0.3, -0.25) is 4.79 Å². The molecule has 4 heterocycles. The normalized spacial score (nSPS) is 38.2. The highest BCUT2D eigenvalue weighted by Crippen LogP contribution is 2.38. The summed E-state index contributed by atoms with van der Waals surface area (Å²) < 4.78 is 39.5. The standard InChI is InChI=1S/C33H40O19/c1-10-19(36)23(40)26(43)31(47-10)46-9-17-21(38)25(42)28(45)33(51-17)52-30-22(39)18-15(35)7-14(49-32-27(44)24(41)20(37)11(2)48-32)8-16(18)50-29(30)12-3-5-13(34)6-4-12/h3-8,10-11,17,19-21,23-28,31-38,40-45H,9H2,1-2H3/t10-,11-,17+,19-,20-,21-,23+,24+,25-,26+,27+,28+,31?,32?,33?/m0/s1. The van der Waals surface area contributed by atoms with Crippen LogP contribution in [0.1, 0.15) is 13.8 Å². The van der Waals surface area contributed by atoms with Crippen molar-refractivity contribution in [1.29, 1.82) is 0 Å². The van der Waals surface area contributed by atoms with Crippen LogP contribution in [0.2, 0.25) is 0 Å². The van der Waals surface area contributed by atoms with Crippen molar-refractivity contribution in [3.05, 3.63) is 46.6 Å². The molecule has 0 amide bonds. The zero-order valence-electron chi connectivity index (χ0n) is 27.5. The van der Waals surface area contributed by atoms with Crippen LogP contribution in [-0.2, 0) is 18.9 Å². The van der Waals surface area contributed by atoms with Gasteiger partial charge in [-0.05, 0) is 38.1 Å². The van der Waals surface area contributed by atoms with E-state index in [2.05, 4.69) is 0 Å². The summed E-state index contributed by atoms with van der Waals surface area (Å²) in [5, 5.41) is 114. The lowest BCUT2D eigenvalue weighted by atomic mass is 9.98. The summed E-state index contributed by atoms with van der Waals surface area (Å²) in [7, 11) is 0. The minimum Gasteiger partial charge on any atom is -0.508 e. The number of hydrogen-bond acceptors (Lipinski definition) is 19. The molecule has 19 nitrogen and oxygen atoms in total. The molecule has 3 fully saturated rings. The fourth-order valence-corrected chi connectivity index (χ4v) is 6.09. The van der Waals surface area contributed by atoms with Crippen LogP contribution in [0.25, 0.3) is 22.3 Å². The molecule has 1 aromatic heterocycles. The second-order valence-electron chi connectivity index (χ2n) is 12.9. The molecule has 3 unspecified atom stereocenters. The molecule has 0 radical (unpaired) electrons. The van der Waals surface area contributed by atoms with Crippen molar-refractivity contribution in [1.82, 2.24) is 0 Å². The number of benzene rings is 2. The molecule has 6 rings (SSSR count). The highest BCUT2D eigenvalue weighted by molar-refractivity contribution is 5.88. The van der Waals surface area contributed by atoms with Crippen LogP contribution in [0.3, 0.4) is 0 Å². The number of ether oxygens (including phenoxy) is 6. The summed E-state index contributed by atoms with van der Waals surface area (Å²) in [4.78, 5) is 14.0. The molecule has 0 spiro atoms. The number of fused-ring (bicyclic) bond motifs is 1. The van der Waals surface area contributed by atoms with Gasteiger partial charge < -0.3 is 89.0 Å². The van der Waals surface area contributed by atoms with Crippen LogP contribution in [0, 0.1) is 0 Å². The van der Waals surface area contributed by atoms with Crippen molar-refractivity contribution in [3.63, 3.8) is 0 Å². The maximum absolute atomic E-state index is 14.0. The van der Waals surface area contributed by atoms with Crippen molar-refractivity contribution in [2.24, 2.45) is 0 Å². The van der Waals surface area contributed by atoms with Crippen LogP contribution in [-0.4, -0.2) is 155 Å². The van der Waals surface area contributed by atoms with Gasteiger partial charge in [-0.25, -0.2) is 0 Å². The third kappa shape index (κ3) is 7.16. The van der Waals surface area contributed by atoms with Gasteiger partial charge in [0.1, 0.15) is 89.3 Å². The monoisotopic (exact) mass is 740 g/mol. The number of aliphatic hydroxyl groups excluding tert-OH is 9. The third-order valence-corrected chi connectivity index (χ3v) is 9.23. The number of aromatic hydroxyl groups is 2. The molecule has 19 heteroatoms. The van der Waals surface area contributed by atoms with Gasteiger partial charge in [-0.1, -0.05) is 0 Å². The van der Waals surface area contributed by atoms with E-state index in [-0.39, 0.29) is 28.4 Å². The minimum atomic E-state index is -1.98. The van der Waals surface area contributed by atoms with E-state index in [1.54, 1.807) is 0 Å². The van der Waals surface area contributed by atoms with E-state index in [0.717, 1.165) is 6.07 Å². The summed E-state index contributed by atoms with van der Waals surface area (Å²) >= 11 is 0. The van der Waals surface area contributed by atoms with Crippen molar-refractivity contribution in [2.75, 3.05) is 6.61 Å². The summed E-state index contributed by atoms with van der Waals surface area (Å²) in [6.07, 6.45) is -23.5. The molecule has 11 N–H and O–H groups in total. The highest BCUT2D eigenvalue weighted by Gasteiger charge is 2.48. The summed E-state index contributed by atoms with van der Waals surface area (Å²) in [5.41, 5.74) is -1.16.